The number of hydrogen-bond donors (Lipinski definition) is 0. The highest BCUT2D eigenvalue weighted by atomic mass is 16.6. The summed E-state index contributed by atoms with van der Waals surface area (Å²) in [5.74, 6) is 0. The highest BCUT2D eigenvalue weighted by molar-refractivity contribution is 5.69. The predicted molar refractivity (Wildman–Crippen MR) is 84.4 cm³/mol. The zero-order chi connectivity index (χ0) is 17.0. The van der Waals surface area contributed by atoms with Crippen molar-refractivity contribution in [1.82, 2.24) is 4.90 Å². The molecule has 0 aromatic heterocycles. The van der Waals surface area contributed by atoms with Crippen molar-refractivity contribution in [2.75, 3.05) is 6.54 Å². The number of rotatable bonds is 1. The van der Waals surface area contributed by atoms with Crippen LogP contribution in [0.5, 0.6) is 0 Å². The molecule has 2 rings (SSSR count). The Labute approximate surface area is 132 Å². The second-order valence-electron chi connectivity index (χ2n) is 6.55. The molecule has 1 saturated heterocycles. The quantitative estimate of drug-likeness (QED) is 0.796. The van der Waals surface area contributed by atoms with Crippen molar-refractivity contribution in [3.05, 3.63) is 35.9 Å². The fourth-order valence-electron chi connectivity index (χ4n) is 2.29. The van der Waals surface area contributed by atoms with E-state index in [-0.39, 0.29) is 12.2 Å². The fourth-order valence-corrected chi connectivity index (χ4v) is 2.29. The van der Waals surface area contributed by atoms with Gasteiger partial charge in [-0.25, -0.2) is 4.79 Å². The van der Waals surface area contributed by atoms with Crippen LogP contribution < -0.4 is 0 Å². The third-order valence-corrected chi connectivity index (χ3v) is 3.21. The molecule has 0 N–H and O–H groups in total. The van der Waals surface area contributed by atoms with E-state index in [0.29, 0.717) is 6.54 Å². The Hall–Kier alpha value is -1.88. The van der Waals surface area contributed by atoms with Crippen LogP contribution in [0.25, 0.3) is 0 Å². The number of carbonyl (C=O) groups excluding carboxylic acids is 2. The molecule has 1 aromatic carbocycles. The normalized spacial score (nSPS) is 20.0. The Morgan fingerprint density at radius 1 is 1.27 bits per heavy atom. The molecule has 0 aliphatic carbocycles. The van der Waals surface area contributed by atoms with E-state index in [1.807, 2.05) is 71.7 Å². The van der Waals surface area contributed by atoms with Crippen molar-refractivity contribution in [2.24, 2.45) is 0 Å². The summed E-state index contributed by atoms with van der Waals surface area (Å²) in [7, 11) is 0. The third kappa shape index (κ3) is 4.56. The standard InChI is InChI=1S/C16H23NO3.CH2O/c1-15(2,3)20-14(18)17-11-13(19-16(17,4)5)12-9-7-6-8-10-12;1-2/h6-10,13H,11H2,1-5H3;1H2. The van der Waals surface area contributed by atoms with Crippen molar-refractivity contribution in [1.29, 1.82) is 0 Å². The van der Waals surface area contributed by atoms with Gasteiger partial charge in [0, 0.05) is 0 Å². The molecule has 5 nitrogen and oxygen atoms in total. The van der Waals surface area contributed by atoms with Gasteiger partial charge in [0.2, 0.25) is 0 Å². The van der Waals surface area contributed by atoms with E-state index in [4.69, 9.17) is 14.3 Å². The van der Waals surface area contributed by atoms with Crippen LogP contribution in [0.3, 0.4) is 0 Å². The van der Waals surface area contributed by atoms with Gasteiger partial charge >= 0.3 is 6.09 Å². The molecule has 1 amide bonds. The zero-order valence-corrected chi connectivity index (χ0v) is 14.0. The number of nitrogens with zero attached hydrogens (tertiary/aromatic N) is 1. The van der Waals surface area contributed by atoms with Gasteiger partial charge in [-0.2, -0.15) is 0 Å². The van der Waals surface area contributed by atoms with E-state index in [1.165, 1.54) is 0 Å². The van der Waals surface area contributed by atoms with Gasteiger partial charge in [-0.15, -0.1) is 0 Å². The monoisotopic (exact) mass is 307 g/mol. The second-order valence-corrected chi connectivity index (χ2v) is 6.55. The van der Waals surface area contributed by atoms with Gasteiger partial charge in [0.25, 0.3) is 0 Å². The number of carbonyl (C=O) groups is 2. The molecule has 0 spiro atoms. The number of hydrogen-bond acceptors (Lipinski definition) is 4. The lowest BCUT2D eigenvalue weighted by atomic mass is 10.1. The van der Waals surface area contributed by atoms with Gasteiger partial charge < -0.3 is 14.3 Å². The van der Waals surface area contributed by atoms with E-state index in [1.54, 1.807) is 4.90 Å². The summed E-state index contributed by atoms with van der Waals surface area (Å²) < 4.78 is 11.5. The first-order valence-corrected chi connectivity index (χ1v) is 7.21. The minimum atomic E-state index is -0.664. The van der Waals surface area contributed by atoms with Gasteiger partial charge in [0.05, 0.1) is 6.54 Å². The largest absolute Gasteiger partial charge is 0.444 e. The minimum Gasteiger partial charge on any atom is -0.444 e. The summed E-state index contributed by atoms with van der Waals surface area (Å²) in [6.07, 6.45) is -0.445. The molecular formula is C17H25NO4. The maximum Gasteiger partial charge on any atom is 0.412 e. The summed E-state index contributed by atoms with van der Waals surface area (Å²) in [5.41, 5.74) is -0.0902. The molecule has 5 heteroatoms. The van der Waals surface area contributed by atoms with E-state index in [0.717, 1.165) is 5.56 Å². The Bertz CT molecular complexity index is 493. The van der Waals surface area contributed by atoms with Crippen LogP contribution in [0.1, 0.15) is 46.3 Å². The smallest absolute Gasteiger partial charge is 0.412 e. The third-order valence-electron chi connectivity index (χ3n) is 3.21. The van der Waals surface area contributed by atoms with E-state index in [9.17, 15) is 4.79 Å². The van der Waals surface area contributed by atoms with Crippen LogP contribution >= 0.6 is 0 Å². The fraction of sp³-hybridized carbons (Fsp3) is 0.529. The van der Waals surface area contributed by atoms with Crippen LogP contribution in [-0.4, -0.2) is 35.7 Å². The molecule has 1 atom stereocenters. The Kier molecular flexibility index (Phi) is 5.72. The second kappa shape index (κ2) is 6.92. The van der Waals surface area contributed by atoms with E-state index < -0.39 is 11.3 Å². The van der Waals surface area contributed by atoms with E-state index in [2.05, 4.69) is 0 Å². The molecule has 0 saturated carbocycles. The van der Waals surface area contributed by atoms with Crippen LogP contribution in [0, 0.1) is 0 Å². The Morgan fingerprint density at radius 2 is 1.82 bits per heavy atom. The molecule has 1 fully saturated rings. The molecule has 1 heterocycles. The number of benzene rings is 1. The number of amides is 1. The highest BCUT2D eigenvalue weighted by Crippen LogP contribution is 2.36. The van der Waals surface area contributed by atoms with Crippen molar-refractivity contribution in [3.63, 3.8) is 0 Å². The van der Waals surface area contributed by atoms with Crippen LogP contribution in [-0.2, 0) is 14.3 Å². The summed E-state index contributed by atoms with van der Waals surface area (Å²) in [4.78, 5) is 21.9. The van der Waals surface area contributed by atoms with Crippen LogP contribution in [0.4, 0.5) is 4.79 Å². The lowest BCUT2D eigenvalue weighted by molar-refractivity contribution is -0.0980. The lowest BCUT2D eigenvalue weighted by Crippen LogP contribution is -2.46. The summed E-state index contributed by atoms with van der Waals surface area (Å²) >= 11 is 0. The first-order valence-electron chi connectivity index (χ1n) is 7.21. The summed E-state index contributed by atoms with van der Waals surface area (Å²) in [6.45, 7) is 11.9. The Balaban J connectivity index is 0.00000116. The van der Waals surface area contributed by atoms with Gasteiger partial charge in [-0.05, 0) is 40.2 Å². The van der Waals surface area contributed by atoms with Crippen molar-refractivity contribution >= 4 is 12.9 Å². The SMILES string of the molecule is C=O.CC(C)(C)OC(=O)N1CC(c2ccccc2)OC1(C)C. The van der Waals surface area contributed by atoms with Crippen molar-refractivity contribution < 1.29 is 19.1 Å². The molecule has 22 heavy (non-hydrogen) atoms. The predicted octanol–water partition coefficient (Wildman–Crippen LogP) is 3.55. The summed E-state index contributed by atoms with van der Waals surface area (Å²) in [6, 6.07) is 9.94. The van der Waals surface area contributed by atoms with Gasteiger partial charge in [-0.1, -0.05) is 30.3 Å². The average Bonchev–Trinajstić information content (AvgIpc) is 2.76. The zero-order valence-electron chi connectivity index (χ0n) is 14.0. The molecule has 0 bridgehead atoms. The average molecular weight is 307 g/mol. The van der Waals surface area contributed by atoms with Crippen molar-refractivity contribution in [3.8, 4) is 0 Å². The molecule has 1 aliphatic rings. The first kappa shape index (κ1) is 18.2. The molecule has 122 valence electrons. The van der Waals surface area contributed by atoms with E-state index >= 15 is 0 Å². The Morgan fingerprint density at radius 3 is 2.32 bits per heavy atom. The topological polar surface area (TPSA) is 55.8 Å². The highest BCUT2D eigenvalue weighted by Gasteiger charge is 2.44. The minimum absolute atomic E-state index is 0.112. The first-order chi connectivity index (χ1) is 10.2. The van der Waals surface area contributed by atoms with Gasteiger partial charge in [0.1, 0.15) is 24.2 Å². The summed E-state index contributed by atoms with van der Waals surface area (Å²) in [5, 5.41) is 0. The van der Waals surface area contributed by atoms with Crippen molar-refractivity contribution in [2.45, 2.75) is 52.0 Å². The van der Waals surface area contributed by atoms with Crippen LogP contribution in [0.2, 0.25) is 0 Å². The van der Waals surface area contributed by atoms with Gasteiger partial charge in [-0.3, -0.25) is 4.90 Å². The molecular weight excluding hydrogens is 282 g/mol. The number of ether oxygens (including phenoxy) is 2. The molecule has 1 aromatic rings. The molecule has 1 unspecified atom stereocenters. The molecule has 1 aliphatic heterocycles. The van der Waals surface area contributed by atoms with Crippen LogP contribution in [0.15, 0.2) is 30.3 Å². The maximum atomic E-state index is 12.3. The maximum absolute atomic E-state index is 12.3. The van der Waals surface area contributed by atoms with Gasteiger partial charge in [0.15, 0.2) is 0 Å². The lowest BCUT2D eigenvalue weighted by Gasteiger charge is -2.31. The molecule has 0 radical (unpaired) electrons.